The van der Waals surface area contributed by atoms with Gasteiger partial charge < -0.3 is 14.8 Å². The van der Waals surface area contributed by atoms with Gasteiger partial charge in [0.25, 0.3) is 5.56 Å². The van der Waals surface area contributed by atoms with Gasteiger partial charge in [0.15, 0.2) is 0 Å². The average Bonchev–Trinajstić information content (AvgIpc) is 3.28. The van der Waals surface area contributed by atoms with Crippen molar-refractivity contribution in [1.82, 2.24) is 9.13 Å². The van der Waals surface area contributed by atoms with Gasteiger partial charge in [-0.25, -0.2) is 4.79 Å². The van der Waals surface area contributed by atoms with E-state index < -0.39 is 11.6 Å². The van der Waals surface area contributed by atoms with Gasteiger partial charge in [0, 0.05) is 6.61 Å². The van der Waals surface area contributed by atoms with Crippen molar-refractivity contribution in [2.45, 2.75) is 32.0 Å². The second-order valence-corrected chi connectivity index (χ2v) is 7.19. The fourth-order valence-corrected chi connectivity index (χ4v) is 3.76. The number of hydrogen-bond acceptors (Lipinski definition) is 5. The fourth-order valence-electron chi connectivity index (χ4n) is 3.76. The molecule has 0 radical (unpaired) electrons. The molecule has 2 aromatic carbocycles. The topological polar surface area (TPSA) is 91.6 Å². The number of anilines is 1. The first-order valence-corrected chi connectivity index (χ1v) is 9.85. The Morgan fingerprint density at radius 1 is 1.13 bits per heavy atom. The zero-order chi connectivity index (χ0) is 21.1. The Balaban J connectivity index is 1.71. The Hall–Kier alpha value is -3.39. The summed E-state index contributed by atoms with van der Waals surface area (Å²) in [5, 5.41) is 3.16. The van der Waals surface area contributed by atoms with Crippen molar-refractivity contribution >= 4 is 22.5 Å². The van der Waals surface area contributed by atoms with Gasteiger partial charge in [0.2, 0.25) is 5.91 Å². The molecule has 30 heavy (non-hydrogen) atoms. The highest BCUT2D eigenvalue weighted by molar-refractivity contribution is 5.93. The van der Waals surface area contributed by atoms with Gasteiger partial charge in [-0.3, -0.25) is 18.7 Å². The lowest BCUT2D eigenvalue weighted by Gasteiger charge is -2.16. The Morgan fingerprint density at radius 2 is 1.90 bits per heavy atom. The van der Waals surface area contributed by atoms with Gasteiger partial charge in [-0.1, -0.05) is 24.3 Å². The molecule has 1 N–H and O–H groups in total. The standard InChI is InChI=1S/C22H23N3O5/c1-29-19-11-5-3-9-17(19)23-20(26)14-24-18-10-4-2-8-16(18)21(27)25(22(24)28)13-15-7-6-12-30-15/h2-5,8-11,15H,6-7,12-14H2,1H3,(H,23,26)/t15-/m1/s1. The molecule has 0 bridgehead atoms. The maximum Gasteiger partial charge on any atom is 0.332 e. The van der Waals surface area contributed by atoms with Crippen LogP contribution >= 0.6 is 0 Å². The minimum Gasteiger partial charge on any atom is -0.495 e. The first-order valence-electron chi connectivity index (χ1n) is 9.85. The van der Waals surface area contributed by atoms with Crippen LogP contribution in [0.4, 0.5) is 5.69 Å². The number of para-hydroxylation sites is 3. The number of carbonyl (C=O) groups excluding carboxylic acids is 1. The van der Waals surface area contributed by atoms with Crippen LogP contribution in [0, 0.1) is 0 Å². The number of amides is 1. The summed E-state index contributed by atoms with van der Waals surface area (Å²) in [5.74, 6) is 0.125. The van der Waals surface area contributed by atoms with E-state index in [2.05, 4.69) is 5.32 Å². The number of carbonyl (C=O) groups is 1. The van der Waals surface area contributed by atoms with E-state index in [1.165, 1.54) is 16.2 Å². The summed E-state index contributed by atoms with van der Waals surface area (Å²) in [6, 6.07) is 13.8. The third-order valence-electron chi connectivity index (χ3n) is 5.23. The molecule has 3 aromatic rings. The molecule has 8 heteroatoms. The van der Waals surface area contributed by atoms with Crippen LogP contribution in [0.2, 0.25) is 0 Å². The molecule has 1 amide bonds. The highest BCUT2D eigenvalue weighted by atomic mass is 16.5. The van der Waals surface area contributed by atoms with Gasteiger partial charge >= 0.3 is 5.69 Å². The molecular weight excluding hydrogens is 386 g/mol. The predicted octanol–water partition coefficient (Wildman–Crippen LogP) is 1.99. The van der Waals surface area contributed by atoms with Crippen molar-refractivity contribution < 1.29 is 14.3 Å². The van der Waals surface area contributed by atoms with Crippen LogP contribution < -0.4 is 21.3 Å². The van der Waals surface area contributed by atoms with Crippen LogP contribution in [-0.2, 0) is 22.6 Å². The zero-order valence-electron chi connectivity index (χ0n) is 16.7. The van der Waals surface area contributed by atoms with E-state index in [1.807, 2.05) is 0 Å². The number of fused-ring (bicyclic) bond motifs is 1. The summed E-state index contributed by atoms with van der Waals surface area (Å²) in [7, 11) is 1.52. The molecule has 156 valence electrons. The maximum atomic E-state index is 13.2. The van der Waals surface area contributed by atoms with E-state index in [9.17, 15) is 14.4 Å². The quantitative estimate of drug-likeness (QED) is 0.672. The number of methoxy groups -OCH3 is 1. The van der Waals surface area contributed by atoms with Crippen molar-refractivity contribution in [3.63, 3.8) is 0 Å². The van der Waals surface area contributed by atoms with E-state index >= 15 is 0 Å². The third kappa shape index (κ3) is 3.86. The lowest BCUT2D eigenvalue weighted by atomic mass is 10.2. The number of nitrogens with zero attached hydrogens (tertiary/aromatic N) is 2. The Labute approximate surface area is 172 Å². The largest absolute Gasteiger partial charge is 0.495 e. The zero-order valence-corrected chi connectivity index (χ0v) is 16.7. The molecule has 1 fully saturated rings. The lowest BCUT2D eigenvalue weighted by Crippen LogP contribution is -2.43. The molecule has 1 aromatic heterocycles. The Kier molecular flexibility index (Phi) is 5.67. The summed E-state index contributed by atoms with van der Waals surface area (Å²) >= 11 is 0. The molecule has 0 unspecified atom stereocenters. The Morgan fingerprint density at radius 3 is 2.67 bits per heavy atom. The SMILES string of the molecule is COc1ccccc1NC(=O)Cn1c(=O)n(C[C@H]2CCCO2)c(=O)c2ccccc21. The summed E-state index contributed by atoms with van der Waals surface area (Å²) in [5.41, 5.74) is 0.0400. The van der Waals surface area contributed by atoms with Crippen molar-refractivity contribution in [3.8, 4) is 5.75 Å². The Bertz CT molecular complexity index is 1190. The van der Waals surface area contributed by atoms with E-state index in [4.69, 9.17) is 9.47 Å². The maximum absolute atomic E-state index is 13.2. The monoisotopic (exact) mass is 409 g/mol. The first kappa shape index (κ1) is 19.9. The summed E-state index contributed by atoms with van der Waals surface area (Å²) in [6.07, 6.45) is 1.53. The summed E-state index contributed by atoms with van der Waals surface area (Å²) in [4.78, 5) is 38.8. The normalized spacial score (nSPS) is 16.0. The van der Waals surface area contributed by atoms with Gasteiger partial charge in [-0.2, -0.15) is 0 Å². The highest BCUT2D eigenvalue weighted by Crippen LogP contribution is 2.23. The first-order chi connectivity index (χ1) is 14.6. The van der Waals surface area contributed by atoms with Gasteiger partial charge in [-0.15, -0.1) is 0 Å². The minimum atomic E-state index is -0.524. The summed E-state index contributed by atoms with van der Waals surface area (Å²) in [6.45, 7) is 0.572. The molecule has 8 nitrogen and oxygen atoms in total. The molecule has 0 aliphatic carbocycles. The van der Waals surface area contributed by atoms with Crippen LogP contribution in [0.15, 0.2) is 58.1 Å². The van der Waals surface area contributed by atoms with Crippen LogP contribution in [0.3, 0.4) is 0 Å². The molecular formula is C22H23N3O5. The molecule has 4 rings (SSSR count). The van der Waals surface area contributed by atoms with Crippen LogP contribution in [0.5, 0.6) is 5.75 Å². The molecule has 1 saturated heterocycles. The minimum absolute atomic E-state index is 0.174. The van der Waals surface area contributed by atoms with Gasteiger partial charge in [0.05, 0.1) is 36.3 Å². The number of aromatic nitrogens is 2. The van der Waals surface area contributed by atoms with Gasteiger partial charge in [-0.05, 0) is 37.1 Å². The molecule has 1 aliphatic rings. The molecule has 0 spiro atoms. The van der Waals surface area contributed by atoms with E-state index in [0.29, 0.717) is 28.9 Å². The predicted molar refractivity (Wildman–Crippen MR) is 113 cm³/mol. The number of hydrogen-bond donors (Lipinski definition) is 1. The van der Waals surface area contributed by atoms with E-state index in [0.717, 1.165) is 12.8 Å². The average molecular weight is 409 g/mol. The fraction of sp³-hybridized carbons (Fsp3) is 0.318. The third-order valence-corrected chi connectivity index (χ3v) is 5.23. The number of rotatable bonds is 6. The van der Waals surface area contributed by atoms with Crippen LogP contribution in [0.1, 0.15) is 12.8 Å². The molecule has 1 atom stereocenters. The van der Waals surface area contributed by atoms with E-state index in [1.54, 1.807) is 48.5 Å². The second-order valence-electron chi connectivity index (χ2n) is 7.19. The number of benzene rings is 2. The van der Waals surface area contributed by atoms with Crippen LogP contribution in [-0.4, -0.2) is 34.9 Å². The molecule has 1 aliphatic heterocycles. The molecule has 2 heterocycles. The highest BCUT2D eigenvalue weighted by Gasteiger charge is 2.21. The van der Waals surface area contributed by atoms with E-state index in [-0.39, 0.29) is 24.8 Å². The number of nitrogens with one attached hydrogen (secondary N) is 1. The van der Waals surface area contributed by atoms with Crippen molar-refractivity contribution in [2.24, 2.45) is 0 Å². The van der Waals surface area contributed by atoms with Crippen LogP contribution in [0.25, 0.3) is 10.9 Å². The van der Waals surface area contributed by atoms with Crippen molar-refractivity contribution in [2.75, 3.05) is 19.0 Å². The smallest absolute Gasteiger partial charge is 0.332 e. The lowest BCUT2D eigenvalue weighted by molar-refractivity contribution is -0.116. The van der Waals surface area contributed by atoms with Gasteiger partial charge in [0.1, 0.15) is 12.3 Å². The molecule has 0 saturated carbocycles. The van der Waals surface area contributed by atoms with Crippen molar-refractivity contribution in [1.29, 1.82) is 0 Å². The van der Waals surface area contributed by atoms with Crippen molar-refractivity contribution in [3.05, 3.63) is 69.4 Å². The second kappa shape index (κ2) is 8.54. The summed E-state index contributed by atoms with van der Waals surface area (Å²) < 4.78 is 13.4. The number of ether oxygens (including phenoxy) is 2.